The molecule has 3 nitrogen and oxygen atoms in total. The first-order valence-corrected chi connectivity index (χ1v) is 7.79. The SMILES string of the molecule is CC(C)(C)OC(=O)C1=C[C@H](Br)[C@H](Br)C(=O)CCC1. The maximum absolute atomic E-state index is 12.0. The van der Waals surface area contributed by atoms with Crippen LogP contribution in [-0.4, -0.2) is 27.0 Å². The number of allylic oxidation sites excluding steroid dienone is 1. The van der Waals surface area contributed by atoms with Crippen molar-refractivity contribution in [3.05, 3.63) is 11.6 Å². The molecule has 2 atom stereocenters. The minimum Gasteiger partial charge on any atom is -0.457 e. The van der Waals surface area contributed by atoms with Crippen LogP contribution in [0.3, 0.4) is 0 Å². The maximum atomic E-state index is 12.0. The number of hydrogen-bond donors (Lipinski definition) is 0. The molecule has 1 aliphatic rings. The molecule has 1 rings (SSSR count). The number of ketones is 1. The standard InChI is InChI=1S/C13H18Br2O3/c1-13(2,3)18-12(17)8-5-4-6-10(16)11(15)9(14)7-8/h7,9,11H,4-6H2,1-3H3/t9-,11-/m0/s1. The third-order valence-electron chi connectivity index (χ3n) is 2.48. The summed E-state index contributed by atoms with van der Waals surface area (Å²) >= 11 is 6.76. The molecule has 0 heterocycles. The first-order chi connectivity index (χ1) is 8.20. The number of esters is 1. The molecule has 0 aromatic carbocycles. The van der Waals surface area contributed by atoms with E-state index in [-0.39, 0.29) is 21.4 Å². The highest BCUT2D eigenvalue weighted by atomic mass is 79.9. The fourth-order valence-corrected chi connectivity index (χ4v) is 2.64. The van der Waals surface area contributed by atoms with Crippen LogP contribution in [0.25, 0.3) is 0 Å². The zero-order valence-corrected chi connectivity index (χ0v) is 14.0. The Bertz CT molecular complexity index is 369. The molecule has 5 heteroatoms. The number of rotatable bonds is 1. The van der Waals surface area contributed by atoms with E-state index in [1.807, 2.05) is 20.8 Å². The second kappa shape index (κ2) is 6.33. The second-order valence-corrected chi connectivity index (χ2v) is 7.40. The number of ether oxygens (including phenoxy) is 1. The van der Waals surface area contributed by atoms with E-state index in [1.165, 1.54) is 0 Å². The highest BCUT2D eigenvalue weighted by molar-refractivity contribution is 9.12. The van der Waals surface area contributed by atoms with Gasteiger partial charge < -0.3 is 4.74 Å². The van der Waals surface area contributed by atoms with Gasteiger partial charge in [-0.3, -0.25) is 4.79 Å². The lowest BCUT2D eigenvalue weighted by atomic mass is 9.99. The van der Waals surface area contributed by atoms with Gasteiger partial charge in [0.2, 0.25) is 0 Å². The summed E-state index contributed by atoms with van der Waals surface area (Å²) in [7, 11) is 0. The molecular weight excluding hydrogens is 364 g/mol. The molecule has 0 aliphatic heterocycles. The minimum atomic E-state index is -0.494. The molecule has 0 bridgehead atoms. The number of Topliss-reactive ketones (excluding diaryl/α,β-unsaturated/α-hetero) is 1. The summed E-state index contributed by atoms with van der Waals surface area (Å²) in [5.74, 6) is -0.127. The van der Waals surface area contributed by atoms with Crippen molar-refractivity contribution in [2.24, 2.45) is 0 Å². The van der Waals surface area contributed by atoms with Gasteiger partial charge in [-0.15, -0.1) is 0 Å². The van der Waals surface area contributed by atoms with Crippen molar-refractivity contribution >= 4 is 43.6 Å². The van der Waals surface area contributed by atoms with Gasteiger partial charge in [-0.1, -0.05) is 37.9 Å². The molecule has 0 unspecified atom stereocenters. The summed E-state index contributed by atoms with van der Waals surface area (Å²) in [5, 5.41) is 0. The van der Waals surface area contributed by atoms with Gasteiger partial charge in [0, 0.05) is 12.0 Å². The van der Waals surface area contributed by atoms with Gasteiger partial charge in [0.05, 0.1) is 9.65 Å². The van der Waals surface area contributed by atoms with Crippen molar-refractivity contribution in [3.63, 3.8) is 0 Å². The van der Waals surface area contributed by atoms with Crippen molar-refractivity contribution < 1.29 is 14.3 Å². The molecule has 0 amide bonds. The molecule has 18 heavy (non-hydrogen) atoms. The smallest absolute Gasteiger partial charge is 0.334 e. The third-order valence-corrected chi connectivity index (χ3v) is 5.06. The fourth-order valence-electron chi connectivity index (χ4n) is 1.64. The Morgan fingerprint density at radius 3 is 2.50 bits per heavy atom. The largest absolute Gasteiger partial charge is 0.457 e. The van der Waals surface area contributed by atoms with E-state index in [2.05, 4.69) is 31.9 Å². The van der Waals surface area contributed by atoms with Crippen LogP contribution in [0.15, 0.2) is 11.6 Å². The van der Waals surface area contributed by atoms with Gasteiger partial charge in [-0.2, -0.15) is 0 Å². The lowest BCUT2D eigenvalue weighted by molar-refractivity contribution is -0.150. The molecule has 102 valence electrons. The molecule has 0 spiro atoms. The Hall–Kier alpha value is -0.160. The quantitative estimate of drug-likeness (QED) is 0.515. The van der Waals surface area contributed by atoms with Crippen LogP contribution >= 0.6 is 31.9 Å². The average Bonchev–Trinajstić information content (AvgIpc) is 2.22. The Balaban J connectivity index is 2.84. The van der Waals surface area contributed by atoms with E-state index in [0.29, 0.717) is 24.8 Å². The fraction of sp³-hybridized carbons (Fsp3) is 0.692. The van der Waals surface area contributed by atoms with Crippen LogP contribution in [-0.2, 0) is 14.3 Å². The van der Waals surface area contributed by atoms with Crippen molar-refractivity contribution in [2.75, 3.05) is 0 Å². The Morgan fingerprint density at radius 1 is 1.33 bits per heavy atom. The molecule has 0 radical (unpaired) electrons. The number of carbonyl (C=O) groups excluding carboxylic acids is 2. The van der Waals surface area contributed by atoms with Crippen LogP contribution in [0.5, 0.6) is 0 Å². The van der Waals surface area contributed by atoms with Crippen molar-refractivity contribution in [1.29, 1.82) is 0 Å². The van der Waals surface area contributed by atoms with Crippen LogP contribution in [0.4, 0.5) is 0 Å². The number of carbonyl (C=O) groups is 2. The number of hydrogen-bond acceptors (Lipinski definition) is 3. The molecule has 0 fully saturated rings. The van der Waals surface area contributed by atoms with Crippen molar-refractivity contribution in [2.45, 2.75) is 55.3 Å². The summed E-state index contributed by atoms with van der Waals surface area (Å²) < 4.78 is 5.36. The second-order valence-electron chi connectivity index (χ2n) is 5.36. The summed E-state index contributed by atoms with van der Waals surface area (Å²) in [6, 6.07) is 0. The predicted octanol–water partition coefficient (Wildman–Crippen LogP) is 3.53. The molecule has 0 aromatic rings. The van der Waals surface area contributed by atoms with E-state index >= 15 is 0 Å². The summed E-state index contributed by atoms with van der Waals surface area (Å²) in [6.45, 7) is 5.53. The van der Waals surface area contributed by atoms with Crippen molar-refractivity contribution in [3.8, 4) is 0 Å². The minimum absolute atomic E-state index is 0.163. The summed E-state index contributed by atoms with van der Waals surface area (Å²) in [6.07, 6.45) is 3.54. The zero-order valence-electron chi connectivity index (χ0n) is 10.8. The highest BCUT2D eigenvalue weighted by Gasteiger charge is 2.27. The zero-order chi connectivity index (χ0) is 13.9. The number of alkyl halides is 2. The van der Waals surface area contributed by atoms with Gasteiger partial charge in [-0.25, -0.2) is 4.79 Å². The average molecular weight is 382 g/mol. The molecule has 0 N–H and O–H groups in total. The Labute approximate surface area is 125 Å². The van der Waals surface area contributed by atoms with Gasteiger partial charge in [0.15, 0.2) is 0 Å². The van der Waals surface area contributed by atoms with E-state index in [0.717, 1.165) is 0 Å². The van der Waals surface area contributed by atoms with Crippen LogP contribution in [0, 0.1) is 0 Å². The van der Waals surface area contributed by atoms with Gasteiger partial charge in [0.25, 0.3) is 0 Å². The predicted molar refractivity (Wildman–Crippen MR) is 78.2 cm³/mol. The first kappa shape index (κ1) is 15.9. The van der Waals surface area contributed by atoms with Crippen LogP contribution < -0.4 is 0 Å². The lowest BCUT2D eigenvalue weighted by Crippen LogP contribution is -2.28. The van der Waals surface area contributed by atoms with Gasteiger partial charge in [0.1, 0.15) is 11.4 Å². The van der Waals surface area contributed by atoms with Gasteiger partial charge >= 0.3 is 5.97 Å². The third kappa shape index (κ3) is 4.84. The molecule has 0 aromatic heterocycles. The van der Waals surface area contributed by atoms with E-state index in [4.69, 9.17) is 4.74 Å². The van der Waals surface area contributed by atoms with E-state index in [1.54, 1.807) is 6.08 Å². The molecule has 0 saturated carbocycles. The topological polar surface area (TPSA) is 43.4 Å². The monoisotopic (exact) mass is 380 g/mol. The summed E-state index contributed by atoms with van der Waals surface area (Å²) in [4.78, 5) is 23.2. The summed E-state index contributed by atoms with van der Waals surface area (Å²) in [5.41, 5.74) is 0.148. The normalized spacial score (nSPS) is 26.1. The van der Waals surface area contributed by atoms with Crippen LogP contribution in [0.2, 0.25) is 0 Å². The first-order valence-electron chi connectivity index (χ1n) is 5.95. The Kier molecular flexibility index (Phi) is 5.59. The highest BCUT2D eigenvalue weighted by Crippen LogP contribution is 2.26. The van der Waals surface area contributed by atoms with Crippen LogP contribution in [0.1, 0.15) is 40.0 Å². The Morgan fingerprint density at radius 2 is 1.94 bits per heavy atom. The van der Waals surface area contributed by atoms with E-state index < -0.39 is 5.60 Å². The lowest BCUT2D eigenvalue weighted by Gasteiger charge is -2.22. The molecular formula is C13H18Br2O3. The van der Waals surface area contributed by atoms with Crippen molar-refractivity contribution in [1.82, 2.24) is 0 Å². The molecule has 0 saturated heterocycles. The number of halogens is 2. The molecule has 1 aliphatic carbocycles. The maximum Gasteiger partial charge on any atom is 0.334 e. The van der Waals surface area contributed by atoms with Gasteiger partial charge in [-0.05, 0) is 33.6 Å². The van der Waals surface area contributed by atoms with E-state index in [9.17, 15) is 9.59 Å².